The number of rotatable bonds is 5. The minimum Gasteiger partial charge on any atom is -0.394 e. The molecule has 1 fully saturated rings. The molecule has 0 unspecified atom stereocenters. The molecule has 0 radical (unpaired) electrons. The average molecular weight is 280 g/mol. The van der Waals surface area contributed by atoms with Gasteiger partial charge in [-0.2, -0.15) is 0 Å². The summed E-state index contributed by atoms with van der Waals surface area (Å²) in [5.74, 6) is -0.799. The van der Waals surface area contributed by atoms with Crippen LogP contribution in [0.1, 0.15) is 42.6 Å². The Morgan fingerprint density at radius 2 is 2.15 bits per heavy atom. The highest BCUT2D eigenvalue weighted by Crippen LogP contribution is 2.17. The van der Waals surface area contributed by atoms with E-state index in [1.54, 1.807) is 0 Å². The first-order valence-corrected chi connectivity index (χ1v) is 6.91. The number of aromatic nitrogens is 2. The van der Waals surface area contributed by atoms with E-state index in [0.717, 1.165) is 25.7 Å². The second kappa shape index (κ2) is 7.04. The first-order chi connectivity index (χ1) is 9.70. The molecule has 1 aliphatic rings. The number of nitrogens with one attached hydrogen (secondary N) is 3. The minimum atomic E-state index is -0.937. The summed E-state index contributed by atoms with van der Waals surface area (Å²) in [5, 5.41) is 14.6. The lowest BCUT2D eigenvalue weighted by Crippen LogP contribution is -2.51. The zero-order chi connectivity index (χ0) is 14.4. The van der Waals surface area contributed by atoms with Gasteiger partial charge in [0.25, 0.3) is 5.91 Å². The van der Waals surface area contributed by atoms with Crippen LogP contribution < -0.4 is 10.6 Å². The van der Waals surface area contributed by atoms with Crippen LogP contribution in [-0.2, 0) is 4.79 Å². The number of carbonyl (C=O) groups excluding carboxylic acids is 2. The predicted molar refractivity (Wildman–Crippen MR) is 71.9 cm³/mol. The monoisotopic (exact) mass is 280 g/mol. The Morgan fingerprint density at radius 1 is 1.40 bits per heavy atom. The summed E-state index contributed by atoms with van der Waals surface area (Å²) < 4.78 is 0. The largest absolute Gasteiger partial charge is 0.394 e. The van der Waals surface area contributed by atoms with Crippen molar-refractivity contribution < 1.29 is 14.7 Å². The number of nitrogens with zero attached hydrogens (tertiary/aromatic N) is 1. The van der Waals surface area contributed by atoms with Gasteiger partial charge >= 0.3 is 0 Å². The smallest absolute Gasteiger partial charge is 0.270 e. The molecule has 7 heteroatoms. The fourth-order valence-corrected chi connectivity index (χ4v) is 2.36. The SMILES string of the molecule is O=C(N[C@@H](CO)C(=O)NC1CCCCC1)c1cnc[nH]1. The van der Waals surface area contributed by atoms with Gasteiger partial charge in [-0.1, -0.05) is 19.3 Å². The Morgan fingerprint density at radius 3 is 2.75 bits per heavy atom. The normalized spacial score (nSPS) is 17.4. The van der Waals surface area contributed by atoms with Crippen LogP contribution in [-0.4, -0.2) is 45.6 Å². The number of hydrogen-bond donors (Lipinski definition) is 4. The van der Waals surface area contributed by atoms with Crippen molar-refractivity contribution in [2.45, 2.75) is 44.2 Å². The number of H-pyrrole nitrogens is 1. The van der Waals surface area contributed by atoms with Crippen LogP contribution in [0.25, 0.3) is 0 Å². The average Bonchev–Trinajstić information content (AvgIpc) is 2.99. The fraction of sp³-hybridized carbons (Fsp3) is 0.615. The van der Waals surface area contributed by atoms with E-state index in [-0.39, 0.29) is 17.6 Å². The van der Waals surface area contributed by atoms with Crippen LogP contribution >= 0.6 is 0 Å². The van der Waals surface area contributed by atoms with Crippen molar-refractivity contribution >= 4 is 11.8 Å². The van der Waals surface area contributed by atoms with Crippen LogP contribution in [0, 0.1) is 0 Å². The highest BCUT2D eigenvalue weighted by Gasteiger charge is 2.24. The van der Waals surface area contributed by atoms with Crippen LogP contribution in [0.2, 0.25) is 0 Å². The summed E-state index contributed by atoms with van der Waals surface area (Å²) >= 11 is 0. The highest BCUT2D eigenvalue weighted by molar-refractivity contribution is 5.96. The van der Waals surface area contributed by atoms with Gasteiger partial charge in [-0.25, -0.2) is 4.98 Å². The number of amides is 2. The molecule has 1 aliphatic carbocycles. The van der Waals surface area contributed by atoms with Crippen LogP contribution in [0.15, 0.2) is 12.5 Å². The Kier molecular flexibility index (Phi) is 5.11. The van der Waals surface area contributed by atoms with Gasteiger partial charge in [0.2, 0.25) is 5.91 Å². The Hall–Kier alpha value is -1.89. The second-order valence-electron chi connectivity index (χ2n) is 5.02. The molecule has 110 valence electrons. The molecular formula is C13H20N4O3. The van der Waals surface area contributed by atoms with Crippen molar-refractivity contribution in [2.75, 3.05) is 6.61 Å². The summed E-state index contributed by atoms with van der Waals surface area (Å²) in [7, 11) is 0. The molecule has 1 atom stereocenters. The molecule has 0 aliphatic heterocycles. The van der Waals surface area contributed by atoms with E-state index in [1.807, 2.05) is 0 Å². The lowest BCUT2D eigenvalue weighted by Gasteiger charge is -2.25. The maximum absolute atomic E-state index is 12.0. The molecule has 7 nitrogen and oxygen atoms in total. The standard InChI is InChI=1S/C13H20N4O3/c18-7-11(17-12(19)10-6-14-8-15-10)13(20)16-9-4-2-1-3-5-9/h6,8-9,11,18H,1-5,7H2,(H,14,15)(H,16,20)(H,17,19)/t11-/m0/s1. The van der Waals surface area contributed by atoms with Gasteiger partial charge in [-0.3, -0.25) is 9.59 Å². The molecule has 0 spiro atoms. The lowest BCUT2D eigenvalue weighted by molar-refractivity contribution is -0.124. The molecule has 0 saturated heterocycles. The molecule has 1 saturated carbocycles. The van der Waals surface area contributed by atoms with Crippen molar-refractivity contribution in [3.8, 4) is 0 Å². The van der Waals surface area contributed by atoms with Crippen molar-refractivity contribution in [3.63, 3.8) is 0 Å². The van der Waals surface area contributed by atoms with Gasteiger partial charge in [0.1, 0.15) is 11.7 Å². The number of aromatic amines is 1. The third-order valence-corrected chi connectivity index (χ3v) is 3.50. The molecule has 0 aromatic carbocycles. The second-order valence-corrected chi connectivity index (χ2v) is 5.02. The molecule has 2 amide bonds. The number of aliphatic hydroxyl groups is 1. The summed E-state index contributed by atoms with van der Waals surface area (Å²) in [6, 6.07) is -0.790. The highest BCUT2D eigenvalue weighted by atomic mass is 16.3. The lowest BCUT2D eigenvalue weighted by atomic mass is 9.95. The Labute approximate surface area is 117 Å². The number of carbonyl (C=O) groups is 2. The van der Waals surface area contributed by atoms with Gasteiger partial charge in [0, 0.05) is 6.04 Å². The topological polar surface area (TPSA) is 107 Å². The van der Waals surface area contributed by atoms with E-state index in [1.165, 1.54) is 18.9 Å². The minimum absolute atomic E-state index is 0.148. The number of hydrogen-bond acceptors (Lipinski definition) is 4. The van der Waals surface area contributed by atoms with E-state index in [9.17, 15) is 14.7 Å². The Bertz CT molecular complexity index is 440. The van der Waals surface area contributed by atoms with Crippen LogP contribution in [0.4, 0.5) is 0 Å². The summed E-state index contributed by atoms with van der Waals surface area (Å²) in [6.07, 6.45) is 8.07. The van der Waals surface area contributed by atoms with Crippen molar-refractivity contribution in [1.82, 2.24) is 20.6 Å². The maximum Gasteiger partial charge on any atom is 0.270 e. The van der Waals surface area contributed by atoms with Gasteiger partial charge in [-0.15, -0.1) is 0 Å². The Balaban J connectivity index is 1.86. The maximum atomic E-state index is 12.0. The summed E-state index contributed by atoms with van der Waals surface area (Å²) in [5.41, 5.74) is 0.258. The quantitative estimate of drug-likeness (QED) is 0.606. The third-order valence-electron chi connectivity index (χ3n) is 3.50. The molecule has 4 N–H and O–H groups in total. The van der Waals surface area contributed by atoms with Crippen LogP contribution in [0.5, 0.6) is 0 Å². The molecule has 1 heterocycles. The van der Waals surface area contributed by atoms with E-state index in [0.29, 0.717) is 0 Å². The molecular weight excluding hydrogens is 260 g/mol. The van der Waals surface area contributed by atoms with Crippen molar-refractivity contribution in [2.24, 2.45) is 0 Å². The first kappa shape index (κ1) is 14.5. The molecule has 1 aromatic rings. The fourth-order valence-electron chi connectivity index (χ4n) is 2.36. The van der Waals surface area contributed by atoms with Gasteiger partial charge in [-0.05, 0) is 12.8 Å². The summed E-state index contributed by atoms with van der Waals surface area (Å²) in [4.78, 5) is 30.2. The van der Waals surface area contributed by atoms with Gasteiger partial charge in [0.05, 0.1) is 19.1 Å². The number of aliphatic hydroxyl groups excluding tert-OH is 1. The zero-order valence-electron chi connectivity index (χ0n) is 11.3. The van der Waals surface area contributed by atoms with E-state index < -0.39 is 18.6 Å². The zero-order valence-corrected chi connectivity index (χ0v) is 11.3. The molecule has 20 heavy (non-hydrogen) atoms. The van der Waals surface area contributed by atoms with E-state index in [4.69, 9.17) is 0 Å². The molecule has 0 bridgehead atoms. The molecule has 1 aromatic heterocycles. The summed E-state index contributed by atoms with van der Waals surface area (Å²) in [6.45, 7) is -0.432. The third kappa shape index (κ3) is 3.80. The van der Waals surface area contributed by atoms with Gasteiger partial charge < -0.3 is 20.7 Å². The molecule has 2 rings (SSSR count). The first-order valence-electron chi connectivity index (χ1n) is 6.91. The van der Waals surface area contributed by atoms with Crippen LogP contribution in [0.3, 0.4) is 0 Å². The predicted octanol–water partition coefficient (Wildman–Crippen LogP) is -0.0507. The van der Waals surface area contributed by atoms with E-state index in [2.05, 4.69) is 20.6 Å². The van der Waals surface area contributed by atoms with Gasteiger partial charge in [0.15, 0.2) is 0 Å². The van der Waals surface area contributed by atoms with Crippen molar-refractivity contribution in [1.29, 1.82) is 0 Å². The van der Waals surface area contributed by atoms with E-state index >= 15 is 0 Å². The number of imidazole rings is 1. The van der Waals surface area contributed by atoms with Crippen molar-refractivity contribution in [3.05, 3.63) is 18.2 Å².